The first kappa shape index (κ1) is 31.6. The fourth-order valence-electron chi connectivity index (χ4n) is 4.63. The van der Waals surface area contributed by atoms with Crippen molar-refractivity contribution < 1.29 is 19.2 Å². The lowest BCUT2D eigenvalue weighted by Crippen LogP contribution is -2.24. The molecule has 0 aromatic heterocycles. The Bertz CT molecular complexity index is 767. The van der Waals surface area contributed by atoms with Gasteiger partial charge in [0.25, 0.3) is 0 Å². The largest absolute Gasteiger partial charge is 0.466 e. The third-order valence-corrected chi connectivity index (χ3v) is 5.06. The lowest BCUT2D eigenvalue weighted by molar-refractivity contribution is 0.275. The van der Waals surface area contributed by atoms with Crippen LogP contribution in [-0.4, -0.2) is 14.7 Å². The summed E-state index contributed by atoms with van der Waals surface area (Å²) in [5, 5.41) is 0. The van der Waals surface area contributed by atoms with Crippen LogP contribution in [0.25, 0.3) is 0 Å². The minimum absolute atomic E-state index is 0.277. The molecule has 0 unspecified atom stereocenters. The molecular formula is C28H47O4P. The summed E-state index contributed by atoms with van der Waals surface area (Å²) in [7, 11) is -4.64. The highest BCUT2D eigenvalue weighted by molar-refractivity contribution is 7.45. The SMILES string of the molecule is CC(C)(C)CC(C)(C)c1ccccc1.CC(C)(C)CC(C)(C)c1ccccc1.O=P(O)(O)O. The van der Waals surface area contributed by atoms with E-state index in [0.29, 0.717) is 10.8 Å². The van der Waals surface area contributed by atoms with E-state index < -0.39 is 7.82 Å². The molecule has 0 atom stereocenters. The van der Waals surface area contributed by atoms with Crippen molar-refractivity contribution in [3.63, 3.8) is 0 Å². The second-order valence-corrected chi connectivity index (χ2v) is 13.5. The molecule has 0 spiro atoms. The maximum atomic E-state index is 8.88. The van der Waals surface area contributed by atoms with Crippen molar-refractivity contribution in [2.45, 2.75) is 92.9 Å². The van der Waals surface area contributed by atoms with Gasteiger partial charge in [0.1, 0.15) is 0 Å². The van der Waals surface area contributed by atoms with Gasteiger partial charge in [0, 0.05) is 0 Å². The summed E-state index contributed by atoms with van der Waals surface area (Å²) in [6, 6.07) is 21.6. The summed E-state index contributed by atoms with van der Waals surface area (Å²) < 4.78 is 8.88. The zero-order valence-electron chi connectivity index (χ0n) is 22.4. The standard InChI is InChI=1S/2C14H22.H3O4P/c2*1-13(2,3)11-14(4,5)12-9-7-6-8-10-12;1-5(2,3)4/h2*6-10H,11H2,1-5H3;(H3,1,2,3,4). The van der Waals surface area contributed by atoms with E-state index in [-0.39, 0.29) is 10.8 Å². The second kappa shape index (κ2) is 12.3. The Morgan fingerprint density at radius 2 is 0.758 bits per heavy atom. The third-order valence-electron chi connectivity index (χ3n) is 5.06. The topological polar surface area (TPSA) is 77.8 Å². The summed E-state index contributed by atoms with van der Waals surface area (Å²) in [5.74, 6) is 0. The van der Waals surface area contributed by atoms with Crippen molar-refractivity contribution >= 4 is 7.82 Å². The fourth-order valence-corrected chi connectivity index (χ4v) is 4.63. The number of phosphoric acid groups is 1. The Balaban J connectivity index is 0.000000517. The molecule has 0 bridgehead atoms. The van der Waals surface area contributed by atoms with Crippen LogP contribution >= 0.6 is 7.82 Å². The average Bonchev–Trinajstić information content (AvgIpc) is 2.58. The van der Waals surface area contributed by atoms with E-state index in [9.17, 15) is 0 Å². The van der Waals surface area contributed by atoms with Crippen LogP contribution in [0.1, 0.15) is 93.2 Å². The fraction of sp³-hybridized carbons (Fsp3) is 0.571. The molecule has 0 radical (unpaired) electrons. The molecule has 0 aliphatic rings. The van der Waals surface area contributed by atoms with Crippen LogP contribution in [0.15, 0.2) is 60.7 Å². The van der Waals surface area contributed by atoms with Gasteiger partial charge in [-0.25, -0.2) is 4.57 Å². The lowest BCUT2D eigenvalue weighted by atomic mass is 9.72. The van der Waals surface area contributed by atoms with Gasteiger partial charge in [-0.15, -0.1) is 0 Å². The Morgan fingerprint density at radius 1 is 0.545 bits per heavy atom. The van der Waals surface area contributed by atoms with Crippen LogP contribution in [0.5, 0.6) is 0 Å². The van der Waals surface area contributed by atoms with Crippen molar-refractivity contribution in [2.24, 2.45) is 10.8 Å². The van der Waals surface area contributed by atoms with Crippen molar-refractivity contribution in [2.75, 3.05) is 0 Å². The van der Waals surface area contributed by atoms with E-state index in [4.69, 9.17) is 19.2 Å². The molecular weight excluding hydrogens is 431 g/mol. The molecule has 0 saturated heterocycles. The molecule has 2 aromatic carbocycles. The molecule has 188 valence electrons. The molecule has 33 heavy (non-hydrogen) atoms. The van der Waals surface area contributed by atoms with Gasteiger partial charge < -0.3 is 14.7 Å². The number of hydrogen-bond acceptors (Lipinski definition) is 1. The van der Waals surface area contributed by atoms with Gasteiger partial charge in [-0.2, -0.15) is 0 Å². The van der Waals surface area contributed by atoms with Crippen LogP contribution in [0.3, 0.4) is 0 Å². The summed E-state index contributed by atoms with van der Waals surface area (Å²) in [5.41, 5.74) is 4.21. The van der Waals surface area contributed by atoms with Gasteiger partial charge in [-0.05, 0) is 45.6 Å². The molecule has 0 fully saturated rings. The molecule has 0 aliphatic heterocycles. The monoisotopic (exact) mass is 478 g/mol. The first-order valence-electron chi connectivity index (χ1n) is 11.5. The van der Waals surface area contributed by atoms with Crippen molar-refractivity contribution in [3.05, 3.63) is 71.8 Å². The second-order valence-electron chi connectivity index (χ2n) is 12.5. The van der Waals surface area contributed by atoms with Crippen LogP contribution in [0.2, 0.25) is 0 Å². The predicted molar refractivity (Wildman–Crippen MR) is 141 cm³/mol. The quantitative estimate of drug-likeness (QED) is 0.391. The zero-order chi connectivity index (χ0) is 26.1. The Labute approximate surface area is 202 Å². The van der Waals surface area contributed by atoms with Crippen LogP contribution in [0, 0.1) is 10.8 Å². The van der Waals surface area contributed by atoms with Gasteiger partial charge in [0.2, 0.25) is 0 Å². The number of benzene rings is 2. The van der Waals surface area contributed by atoms with Gasteiger partial charge in [-0.1, -0.05) is 130 Å². The van der Waals surface area contributed by atoms with E-state index >= 15 is 0 Å². The van der Waals surface area contributed by atoms with E-state index in [1.54, 1.807) is 0 Å². The average molecular weight is 479 g/mol. The van der Waals surface area contributed by atoms with Crippen molar-refractivity contribution in [1.82, 2.24) is 0 Å². The first-order chi connectivity index (χ1) is 14.6. The summed E-state index contributed by atoms with van der Waals surface area (Å²) in [4.78, 5) is 21.6. The third kappa shape index (κ3) is 16.8. The summed E-state index contributed by atoms with van der Waals surface area (Å²) in [6.45, 7) is 23.1. The molecule has 2 aromatic rings. The number of hydrogen-bond donors (Lipinski definition) is 3. The molecule has 0 amide bonds. The van der Waals surface area contributed by atoms with Crippen molar-refractivity contribution in [3.8, 4) is 0 Å². The molecule has 2 rings (SSSR count). The maximum Gasteiger partial charge on any atom is 0.466 e. The van der Waals surface area contributed by atoms with Gasteiger partial charge >= 0.3 is 7.82 Å². The summed E-state index contributed by atoms with van der Waals surface area (Å²) >= 11 is 0. The smallest absolute Gasteiger partial charge is 0.303 e. The normalized spacial score (nSPS) is 12.8. The van der Waals surface area contributed by atoms with Gasteiger partial charge in [0.15, 0.2) is 0 Å². The van der Waals surface area contributed by atoms with Crippen LogP contribution in [-0.2, 0) is 15.4 Å². The minimum atomic E-state index is -4.64. The van der Waals surface area contributed by atoms with Crippen LogP contribution in [0.4, 0.5) is 0 Å². The van der Waals surface area contributed by atoms with E-state index in [2.05, 4.69) is 130 Å². The molecule has 3 N–H and O–H groups in total. The van der Waals surface area contributed by atoms with E-state index in [1.807, 2.05) is 0 Å². The summed E-state index contributed by atoms with van der Waals surface area (Å²) in [6.07, 6.45) is 2.42. The highest BCUT2D eigenvalue weighted by Crippen LogP contribution is 2.36. The van der Waals surface area contributed by atoms with Crippen molar-refractivity contribution in [1.29, 1.82) is 0 Å². The predicted octanol–water partition coefficient (Wildman–Crippen LogP) is 7.87. The Morgan fingerprint density at radius 3 is 0.939 bits per heavy atom. The Hall–Kier alpha value is -1.45. The Kier molecular flexibility index (Phi) is 11.8. The van der Waals surface area contributed by atoms with E-state index in [0.717, 1.165) is 0 Å². The van der Waals surface area contributed by atoms with Crippen LogP contribution < -0.4 is 0 Å². The van der Waals surface area contributed by atoms with E-state index in [1.165, 1.54) is 24.0 Å². The molecule has 0 aliphatic carbocycles. The maximum absolute atomic E-state index is 8.88. The molecule has 0 saturated carbocycles. The first-order valence-corrected chi connectivity index (χ1v) is 13.1. The zero-order valence-corrected chi connectivity index (χ0v) is 23.3. The lowest BCUT2D eigenvalue weighted by Gasteiger charge is -2.33. The molecule has 0 heterocycles. The minimum Gasteiger partial charge on any atom is -0.303 e. The van der Waals surface area contributed by atoms with Gasteiger partial charge in [0.05, 0.1) is 0 Å². The molecule has 4 nitrogen and oxygen atoms in total. The van der Waals surface area contributed by atoms with Gasteiger partial charge in [-0.3, -0.25) is 0 Å². The number of rotatable bonds is 4. The highest BCUT2D eigenvalue weighted by atomic mass is 31.2. The molecule has 5 heteroatoms. The highest BCUT2D eigenvalue weighted by Gasteiger charge is 2.27.